The molecule has 1 amide bonds. The van der Waals surface area contributed by atoms with E-state index in [-0.39, 0.29) is 13.7 Å². The smallest absolute Gasteiger partial charge is 0.253 e. The van der Waals surface area contributed by atoms with Crippen LogP contribution >= 0.6 is 0 Å². The number of hydrogen-bond donors (Lipinski definition) is 2. The lowest BCUT2D eigenvalue weighted by Crippen LogP contribution is -2.31. The number of sulfonamides is 1. The Labute approximate surface area is 171 Å². The Balaban J connectivity index is 0. The molecule has 0 atom stereocenters. The van der Waals surface area contributed by atoms with E-state index in [1.165, 1.54) is 16.4 Å². The van der Waals surface area contributed by atoms with Crippen LogP contribution in [0, 0.1) is 0 Å². The van der Waals surface area contributed by atoms with Gasteiger partial charge in [0.15, 0.2) is 0 Å². The first-order valence-electron chi connectivity index (χ1n) is 9.65. The van der Waals surface area contributed by atoms with Gasteiger partial charge in [-0.15, -0.1) is 0 Å². The molecule has 0 radical (unpaired) electrons. The number of amides is 1. The average Bonchev–Trinajstić information content (AvgIpc) is 2.68. The highest BCUT2D eigenvalue weighted by molar-refractivity contribution is 7.89. The summed E-state index contributed by atoms with van der Waals surface area (Å²) in [7, 11) is -2.06. The molecule has 0 aliphatic carbocycles. The molecule has 0 aromatic heterocycles. The summed E-state index contributed by atoms with van der Waals surface area (Å²) in [6.07, 6.45) is 0.684. The van der Waals surface area contributed by atoms with Crippen molar-refractivity contribution in [3.05, 3.63) is 23.8 Å². The van der Waals surface area contributed by atoms with Crippen LogP contribution in [0.15, 0.2) is 23.1 Å². The Morgan fingerprint density at radius 2 is 1.86 bits per heavy atom. The summed E-state index contributed by atoms with van der Waals surface area (Å²) in [5, 5.41) is 5.95. The van der Waals surface area contributed by atoms with Crippen molar-refractivity contribution >= 4 is 21.6 Å². The van der Waals surface area contributed by atoms with Gasteiger partial charge in [-0.2, -0.15) is 4.31 Å². The Bertz CT molecular complexity index is 716. The normalized spacial score (nSPS) is 11.6. The van der Waals surface area contributed by atoms with Gasteiger partial charge >= 0.3 is 0 Å². The SMILES string of the molecule is CCOCCCNC(=O)c1cc(S(=O)(=O)N(CC)CC)ccc1NCCOC.[HH].[HH]. The number of rotatable bonds is 14. The Morgan fingerprint density at radius 3 is 2.46 bits per heavy atom. The van der Waals surface area contributed by atoms with Crippen molar-refractivity contribution in [3.63, 3.8) is 0 Å². The van der Waals surface area contributed by atoms with Crippen LogP contribution in [0.2, 0.25) is 0 Å². The van der Waals surface area contributed by atoms with Crippen LogP contribution in [-0.2, 0) is 19.5 Å². The molecular formula is C19H37N3O5S. The molecule has 0 spiro atoms. The number of nitrogens with one attached hydrogen (secondary N) is 2. The second-order valence-electron chi connectivity index (χ2n) is 6.02. The first kappa shape index (κ1) is 24.4. The van der Waals surface area contributed by atoms with Gasteiger partial charge in [-0.25, -0.2) is 8.42 Å². The molecule has 0 aliphatic rings. The van der Waals surface area contributed by atoms with Gasteiger partial charge < -0.3 is 20.1 Å². The molecule has 9 heteroatoms. The maximum atomic E-state index is 12.8. The molecule has 0 aliphatic heterocycles. The van der Waals surface area contributed by atoms with Gasteiger partial charge in [0.25, 0.3) is 5.91 Å². The minimum atomic E-state index is -3.65. The Morgan fingerprint density at radius 1 is 1.14 bits per heavy atom. The van der Waals surface area contributed by atoms with Crippen LogP contribution in [0.5, 0.6) is 0 Å². The van der Waals surface area contributed by atoms with Gasteiger partial charge in [0.1, 0.15) is 0 Å². The third-order valence-corrected chi connectivity index (χ3v) is 6.20. The highest BCUT2D eigenvalue weighted by Gasteiger charge is 2.24. The summed E-state index contributed by atoms with van der Waals surface area (Å²) < 4.78 is 37.3. The summed E-state index contributed by atoms with van der Waals surface area (Å²) in [6.45, 7) is 8.83. The molecule has 0 saturated heterocycles. The van der Waals surface area contributed by atoms with Crippen molar-refractivity contribution in [1.82, 2.24) is 9.62 Å². The molecule has 1 rings (SSSR count). The molecule has 1 aromatic carbocycles. The largest absolute Gasteiger partial charge is 0.383 e. The number of hydrogen-bond acceptors (Lipinski definition) is 6. The van der Waals surface area contributed by atoms with E-state index in [4.69, 9.17) is 9.47 Å². The second-order valence-corrected chi connectivity index (χ2v) is 7.96. The molecule has 8 nitrogen and oxygen atoms in total. The van der Waals surface area contributed by atoms with Crippen LogP contribution < -0.4 is 10.6 Å². The van der Waals surface area contributed by atoms with Gasteiger partial charge in [-0.05, 0) is 31.5 Å². The predicted octanol–water partition coefficient (Wildman–Crippen LogP) is 2.42. The van der Waals surface area contributed by atoms with Crippen LogP contribution in [0.1, 0.15) is 40.4 Å². The van der Waals surface area contributed by atoms with Gasteiger partial charge in [-0.3, -0.25) is 4.79 Å². The minimum Gasteiger partial charge on any atom is -0.383 e. The third kappa shape index (κ3) is 7.05. The van der Waals surface area contributed by atoms with Crippen LogP contribution in [0.4, 0.5) is 5.69 Å². The van der Waals surface area contributed by atoms with E-state index >= 15 is 0 Å². The average molecular weight is 420 g/mol. The maximum absolute atomic E-state index is 12.8. The number of anilines is 1. The van der Waals surface area contributed by atoms with E-state index in [1.54, 1.807) is 27.0 Å². The molecule has 1 aromatic rings. The first-order valence-corrected chi connectivity index (χ1v) is 11.1. The van der Waals surface area contributed by atoms with Gasteiger partial charge in [-0.1, -0.05) is 13.8 Å². The summed E-state index contributed by atoms with van der Waals surface area (Å²) in [5.41, 5.74) is 0.860. The summed E-state index contributed by atoms with van der Waals surface area (Å²) in [4.78, 5) is 12.8. The number of benzene rings is 1. The zero-order chi connectivity index (χ0) is 21.0. The molecule has 2 N–H and O–H groups in total. The minimum absolute atomic E-state index is 0. The zero-order valence-electron chi connectivity index (χ0n) is 17.3. The molecule has 164 valence electrons. The summed E-state index contributed by atoms with van der Waals surface area (Å²) >= 11 is 0. The van der Waals surface area contributed by atoms with Crippen molar-refractivity contribution in [2.24, 2.45) is 0 Å². The standard InChI is InChI=1S/C19H33N3O5S.2H2/c1-5-22(6-2)28(24,25)16-9-10-18(20-12-14-26-4)17(15-16)19(23)21-11-8-13-27-7-3;;/h9-10,15,20H,5-8,11-14H2,1-4H3,(H,21,23);2*1H. The zero-order valence-corrected chi connectivity index (χ0v) is 18.1. The lowest BCUT2D eigenvalue weighted by atomic mass is 10.1. The molecular weight excluding hydrogens is 382 g/mol. The van der Waals surface area contributed by atoms with Crippen LogP contribution in [-0.4, -0.2) is 71.7 Å². The monoisotopic (exact) mass is 419 g/mol. The highest BCUT2D eigenvalue weighted by atomic mass is 32.2. The van der Waals surface area contributed by atoms with E-state index in [2.05, 4.69) is 10.6 Å². The molecule has 0 heterocycles. The number of nitrogens with zero attached hydrogens (tertiary/aromatic N) is 1. The molecule has 28 heavy (non-hydrogen) atoms. The van der Waals surface area contributed by atoms with Gasteiger partial charge in [0, 0.05) is 55.0 Å². The molecule has 0 unspecified atom stereocenters. The number of methoxy groups -OCH3 is 1. The van der Waals surface area contributed by atoms with Gasteiger partial charge in [0.05, 0.1) is 17.1 Å². The van der Waals surface area contributed by atoms with Crippen molar-refractivity contribution in [2.75, 3.05) is 58.4 Å². The molecule has 0 saturated carbocycles. The lowest BCUT2D eigenvalue weighted by Gasteiger charge is -2.20. The second kappa shape index (κ2) is 12.7. The summed E-state index contributed by atoms with van der Waals surface area (Å²) in [6, 6.07) is 4.58. The Kier molecular flexibility index (Phi) is 11.1. The third-order valence-electron chi connectivity index (χ3n) is 4.16. The van der Waals surface area contributed by atoms with Crippen molar-refractivity contribution in [2.45, 2.75) is 32.1 Å². The fourth-order valence-electron chi connectivity index (χ4n) is 2.64. The van der Waals surface area contributed by atoms with E-state index in [0.717, 1.165) is 0 Å². The van der Waals surface area contributed by atoms with Gasteiger partial charge in [0.2, 0.25) is 10.0 Å². The van der Waals surface area contributed by atoms with Crippen molar-refractivity contribution in [1.29, 1.82) is 0 Å². The number of carbonyl (C=O) groups is 1. The first-order chi connectivity index (χ1) is 13.4. The van der Waals surface area contributed by atoms with Crippen molar-refractivity contribution in [3.8, 4) is 0 Å². The predicted molar refractivity (Wildman–Crippen MR) is 115 cm³/mol. The number of carbonyl (C=O) groups excluding carboxylic acids is 1. The highest BCUT2D eigenvalue weighted by Crippen LogP contribution is 2.23. The summed E-state index contributed by atoms with van der Waals surface area (Å²) in [5.74, 6) is -0.326. The van der Waals surface area contributed by atoms with Crippen LogP contribution in [0.25, 0.3) is 0 Å². The fourth-order valence-corrected chi connectivity index (χ4v) is 4.13. The van der Waals surface area contributed by atoms with Crippen molar-refractivity contribution < 1.29 is 25.5 Å². The maximum Gasteiger partial charge on any atom is 0.253 e. The number of ether oxygens (including phenoxy) is 2. The van der Waals surface area contributed by atoms with Crippen LogP contribution in [0.3, 0.4) is 0 Å². The lowest BCUT2D eigenvalue weighted by molar-refractivity contribution is 0.0944. The van der Waals surface area contributed by atoms with E-state index < -0.39 is 10.0 Å². The van der Waals surface area contributed by atoms with E-state index in [1.807, 2.05) is 6.92 Å². The quantitative estimate of drug-likeness (QED) is 0.450. The molecule has 0 bridgehead atoms. The Hall–Kier alpha value is -1.68. The fraction of sp³-hybridized carbons (Fsp3) is 0.632. The van der Waals surface area contributed by atoms with E-state index in [9.17, 15) is 13.2 Å². The molecule has 0 fully saturated rings. The topological polar surface area (TPSA) is 97.0 Å². The van der Waals surface area contributed by atoms with E-state index in [0.29, 0.717) is 63.7 Å².